The molecular formula is C13H29N3S. The molecule has 1 saturated heterocycles. The van der Waals surface area contributed by atoms with Crippen molar-refractivity contribution in [2.24, 2.45) is 5.41 Å². The van der Waals surface area contributed by atoms with E-state index in [1.165, 1.54) is 45.8 Å². The Kier molecular flexibility index (Phi) is 6.27. The molecule has 0 amide bonds. The third-order valence-electron chi connectivity index (χ3n) is 3.41. The highest BCUT2D eigenvalue weighted by molar-refractivity contribution is 7.80. The molecule has 1 aliphatic rings. The van der Waals surface area contributed by atoms with Gasteiger partial charge in [-0.3, -0.25) is 4.90 Å². The van der Waals surface area contributed by atoms with Gasteiger partial charge in [0.25, 0.3) is 0 Å². The number of nitrogens with zero attached hydrogens (tertiary/aromatic N) is 3. The Hall–Kier alpha value is 0.230. The maximum atomic E-state index is 4.43. The smallest absolute Gasteiger partial charge is 0.0110 e. The van der Waals surface area contributed by atoms with Gasteiger partial charge >= 0.3 is 0 Å². The average molecular weight is 259 g/mol. The quantitative estimate of drug-likeness (QED) is 0.717. The monoisotopic (exact) mass is 259 g/mol. The molecule has 0 atom stereocenters. The Labute approximate surface area is 113 Å². The molecule has 0 saturated carbocycles. The SMILES string of the molecule is CN(C)CCN1CCN(CC(C)(C)CS)CC1. The number of hydrogen-bond acceptors (Lipinski definition) is 4. The molecule has 0 spiro atoms. The van der Waals surface area contributed by atoms with Gasteiger partial charge in [-0.2, -0.15) is 12.6 Å². The second kappa shape index (κ2) is 6.98. The van der Waals surface area contributed by atoms with Gasteiger partial charge in [0.05, 0.1) is 0 Å². The van der Waals surface area contributed by atoms with E-state index < -0.39 is 0 Å². The van der Waals surface area contributed by atoms with Gasteiger partial charge in [0, 0.05) is 45.8 Å². The normalized spacial score (nSPS) is 20.1. The van der Waals surface area contributed by atoms with Crippen molar-refractivity contribution in [2.75, 3.05) is 65.7 Å². The lowest BCUT2D eigenvalue weighted by molar-refractivity contribution is 0.0993. The Morgan fingerprint density at radius 2 is 1.59 bits per heavy atom. The Morgan fingerprint density at radius 3 is 2.06 bits per heavy atom. The maximum absolute atomic E-state index is 4.43. The molecule has 17 heavy (non-hydrogen) atoms. The largest absolute Gasteiger partial charge is 0.308 e. The van der Waals surface area contributed by atoms with Crippen molar-refractivity contribution in [3.63, 3.8) is 0 Å². The fourth-order valence-corrected chi connectivity index (χ4v) is 2.27. The van der Waals surface area contributed by atoms with Crippen LogP contribution in [0.1, 0.15) is 13.8 Å². The van der Waals surface area contributed by atoms with Gasteiger partial charge in [0.15, 0.2) is 0 Å². The molecule has 0 aromatic carbocycles. The Balaban J connectivity index is 2.21. The summed E-state index contributed by atoms with van der Waals surface area (Å²) in [5.74, 6) is 0.966. The second-order valence-electron chi connectivity index (χ2n) is 6.24. The molecule has 0 N–H and O–H groups in total. The van der Waals surface area contributed by atoms with E-state index >= 15 is 0 Å². The van der Waals surface area contributed by atoms with E-state index in [0.717, 1.165) is 5.75 Å². The second-order valence-corrected chi connectivity index (χ2v) is 6.56. The Morgan fingerprint density at radius 1 is 1.06 bits per heavy atom. The first kappa shape index (κ1) is 15.3. The van der Waals surface area contributed by atoms with Crippen LogP contribution in [0.5, 0.6) is 0 Å². The highest BCUT2D eigenvalue weighted by atomic mass is 32.1. The van der Waals surface area contributed by atoms with Gasteiger partial charge in [-0.1, -0.05) is 13.8 Å². The molecule has 0 aromatic rings. The molecule has 3 nitrogen and oxygen atoms in total. The topological polar surface area (TPSA) is 9.72 Å². The zero-order valence-corrected chi connectivity index (χ0v) is 12.8. The van der Waals surface area contributed by atoms with Crippen LogP contribution in [0.4, 0.5) is 0 Å². The minimum absolute atomic E-state index is 0.342. The molecule has 1 aliphatic heterocycles. The van der Waals surface area contributed by atoms with Crippen molar-refractivity contribution in [1.29, 1.82) is 0 Å². The van der Waals surface area contributed by atoms with Gasteiger partial charge in [-0.15, -0.1) is 0 Å². The number of rotatable bonds is 6. The third-order valence-corrected chi connectivity index (χ3v) is 4.26. The fraction of sp³-hybridized carbons (Fsp3) is 1.00. The molecule has 0 aliphatic carbocycles. The van der Waals surface area contributed by atoms with E-state index in [2.05, 4.69) is 55.3 Å². The van der Waals surface area contributed by atoms with Crippen molar-refractivity contribution >= 4 is 12.6 Å². The summed E-state index contributed by atoms with van der Waals surface area (Å²) in [6.07, 6.45) is 0. The van der Waals surface area contributed by atoms with Crippen molar-refractivity contribution in [3.8, 4) is 0 Å². The lowest BCUT2D eigenvalue weighted by atomic mass is 9.95. The van der Waals surface area contributed by atoms with Crippen LogP contribution in [0.25, 0.3) is 0 Å². The van der Waals surface area contributed by atoms with Gasteiger partial charge in [0.2, 0.25) is 0 Å². The van der Waals surface area contributed by atoms with Gasteiger partial charge < -0.3 is 9.80 Å². The molecule has 1 heterocycles. The molecule has 0 unspecified atom stereocenters. The molecule has 0 bridgehead atoms. The maximum Gasteiger partial charge on any atom is 0.0110 e. The first-order chi connectivity index (χ1) is 7.93. The highest BCUT2D eigenvalue weighted by Crippen LogP contribution is 2.19. The van der Waals surface area contributed by atoms with Crippen LogP contribution in [-0.4, -0.2) is 80.4 Å². The minimum Gasteiger partial charge on any atom is -0.308 e. The van der Waals surface area contributed by atoms with Crippen LogP contribution >= 0.6 is 12.6 Å². The predicted octanol–water partition coefficient (Wildman–Crippen LogP) is 1.12. The number of piperazine rings is 1. The number of likely N-dealkylation sites (N-methyl/N-ethyl adjacent to an activating group) is 1. The van der Waals surface area contributed by atoms with Gasteiger partial charge in [-0.05, 0) is 25.3 Å². The summed E-state index contributed by atoms with van der Waals surface area (Å²) in [6.45, 7) is 13.0. The molecule has 1 rings (SSSR count). The number of thiol groups is 1. The molecule has 1 fully saturated rings. The summed E-state index contributed by atoms with van der Waals surface area (Å²) in [4.78, 5) is 7.42. The van der Waals surface area contributed by atoms with E-state index in [-0.39, 0.29) is 0 Å². The lowest BCUT2D eigenvalue weighted by Crippen LogP contribution is -2.50. The lowest BCUT2D eigenvalue weighted by Gasteiger charge is -2.38. The van der Waals surface area contributed by atoms with Gasteiger partial charge in [0.1, 0.15) is 0 Å². The molecule has 0 radical (unpaired) electrons. The third kappa shape index (κ3) is 6.09. The van der Waals surface area contributed by atoms with Crippen LogP contribution in [0.2, 0.25) is 0 Å². The van der Waals surface area contributed by atoms with Gasteiger partial charge in [-0.25, -0.2) is 0 Å². The molecule has 102 valence electrons. The van der Waals surface area contributed by atoms with E-state index in [0.29, 0.717) is 5.41 Å². The number of hydrogen-bond donors (Lipinski definition) is 1. The van der Waals surface area contributed by atoms with Crippen LogP contribution < -0.4 is 0 Å². The summed E-state index contributed by atoms with van der Waals surface area (Å²) >= 11 is 4.43. The molecule has 4 heteroatoms. The summed E-state index contributed by atoms with van der Waals surface area (Å²) < 4.78 is 0. The average Bonchev–Trinajstić information content (AvgIpc) is 2.28. The standard InChI is InChI=1S/C13H29N3S/c1-13(2,12-17)11-16-9-7-15(8-10-16)6-5-14(3)4/h17H,5-12H2,1-4H3. The minimum atomic E-state index is 0.342. The van der Waals surface area contributed by atoms with E-state index in [4.69, 9.17) is 0 Å². The Bertz CT molecular complexity index is 211. The first-order valence-corrected chi connectivity index (χ1v) is 7.26. The van der Waals surface area contributed by atoms with Crippen LogP contribution in [0, 0.1) is 5.41 Å². The van der Waals surface area contributed by atoms with Crippen LogP contribution in [-0.2, 0) is 0 Å². The van der Waals surface area contributed by atoms with E-state index in [9.17, 15) is 0 Å². The fourth-order valence-electron chi connectivity index (χ4n) is 2.17. The van der Waals surface area contributed by atoms with Crippen molar-refractivity contribution in [1.82, 2.24) is 14.7 Å². The summed E-state index contributed by atoms with van der Waals surface area (Å²) in [5.41, 5.74) is 0.342. The predicted molar refractivity (Wildman–Crippen MR) is 79.1 cm³/mol. The molecule has 0 aromatic heterocycles. The van der Waals surface area contributed by atoms with Crippen LogP contribution in [0.15, 0.2) is 0 Å². The summed E-state index contributed by atoms with van der Waals surface area (Å²) in [6, 6.07) is 0. The zero-order valence-electron chi connectivity index (χ0n) is 11.9. The summed E-state index contributed by atoms with van der Waals surface area (Å²) in [7, 11) is 4.29. The zero-order chi connectivity index (χ0) is 12.9. The van der Waals surface area contributed by atoms with E-state index in [1.54, 1.807) is 0 Å². The highest BCUT2D eigenvalue weighted by Gasteiger charge is 2.23. The van der Waals surface area contributed by atoms with Crippen LogP contribution in [0.3, 0.4) is 0 Å². The first-order valence-electron chi connectivity index (χ1n) is 6.63. The molecular weight excluding hydrogens is 230 g/mol. The van der Waals surface area contributed by atoms with E-state index in [1.807, 2.05) is 0 Å². The van der Waals surface area contributed by atoms with Crippen molar-refractivity contribution in [2.45, 2.75) is 13.8 Å². The summed E-state index contributed by atoms with van der Waals surface area (Å²) in [5, 5.41) is 0. The van der Waals surface area contributed by atoms with Crippen molar-refractivity contribution < 1.29 is 0 Å². The van der Waals surface area contributed by atoms with Crippen molar-refractivity contribution in [3.05, 3.63) is 0 Å².